The lowest BCUT2D eigenvalue weighted by Crippen LogP contribution is -2.37. The summed E-state index contributed by atoms with van der Waals surface area (Å²) in [7, 11) is 0. The van der Waals surface area contributed by atoms with E-state index in [1.807, 2.05) is 30.3 Å². The zero-order chi connectivity index (χ0) is 20.4. The van der Waals surface area contributed by atoms with Crippen molar-refractivity contribution in [3.05, 3.63) is 30.3 Å². The average Bonchev–Trinajstić information content (AvgIpc) is 3.39. The summed E-state index contributed by atoms with van der Waals surface area (Å²) in [6, 6.07) is 9.35. The lowest BCUT2D eigenvalue weighted by Gasteiger charge is -2.20. The summed E-state index contributed by atoms with van der Waals surface area (Å²) in [6.45, 7) is 1.23. The van der Waals surface area contributed by atoms with Crippen LogP contribution in [-0.2, 0) is 11.3 Å². The van der Waals surface area contributed by atoms with Crippen LogP contribution < -0.4 is 21.5 Å². The van der Waals surface area contributed by atoms with E-state index >= 15 is 0 Å². The average molecular weight is 404 g/mol. The number of ether oxygens (including phenoxy) is 1. The van der Waals surface area contributed by atoms with Crippen LogP contribution in [0.15, 0.2) is 34.7 Å². The largest absolute Gasteiger partial charge is 0.489 e. The maximum Gasteiger partial charge on any atom is 0.292 e. The Morgan fingerprint density at radius 1 is 1.20 bits per heavy atom. The molecular weight excluding hydrogens is 384 g/mol. The molecule has 1 amide bonds. The summed E-state index contributed by atoms with van der Waals surface area (Å²) in [4.78, 5) is 21.0. The van der Waals surface area contributed by atoms with Crippen LogP contribution in [0.5, 0.6) is 5.75 Å². The molecule has 3 heterocycles. The number of rotatable bonds is 5. The van der Waals surface area contributed by atoms with E-state index in [2.05, 4.69) is 14.9 Å². The second kappa shape index (κ2) is 6.12. The van der Waals surface area contributed by atoms with E-state index in [-0.39, 0.29) is 18.0 Å². The van der Waals surface area contributed by atoms with Crippen LogP contribution in [0.3, 0.4) is 0 Å². The summed E-state index contributed by atoms with van der Waals surface area (Å²) in [5.74, 6) is 1.53. The standard InChI is InChI=1S/C21H20N6O3/c22-19(28)17(10-1-2-10)24-12-8-14-18-16(9-12)29-6-5-27(18)20(25-14)11-3-4-15-13(7-11)26-21(23)30-15/h3-4,7-10,17,24H,1-2,5-6H2,(H2,22,28)(H2,23,26). The Labute approximate surface area is 171 Å². The fourth-order valence-corrected chi connectivity index (χ4v) is 4.22. The van der Waals surface area contributed by atoms with Crippen molar-refractivity contribution in [2.75, 3.05) is 17.7 Å². The molecule has 9 nitrogen and oxygen atoms in total. The third-order valence-corrected chi connectivity index (χ3v) is 5.76. The van der Waals surface area contributed by atoms with Crippen LogP contribution in [-0.4, -0.2) is 33.1 Å². The summed E-state index contributed by atoms with van der Waals surface area (Å²) in [5, 5.41) is 3.29. The molecule has 1 aliphatic heterocycles. The van der Waals surface area contributed by atoms with Crippen molar-refractivity contribution in [3.63, 3.8) is 0 Å². The number of nitrogens with one attached hydrogen (secondary N) is 1. The van der Waals surface area contributed by atoms with E-state index in [9.17, 15) is 4.79 Å². The highest BCUT2D eigenvalue weighted by atomic mass is 16.5. The van der Waals surface area contributed by atoms with Gasteiger partial charge in [-0.15, -0.1) is 0 Å². The third-order valence-electron chi connectivity index (χ3n) is 5.76. The molecule has 2 aromatic carbocycles. The summed E-state index contributed by atoms with van der Waals surface area (Å²) < 4.78 is 13.4. The van der Waals surface area contributed by atoms with Gasteiger partial charge in [-0.3, -0.25) is 4.79 Å². The number of benzene rings is 2. The number of hydrogen-bond acceptors (Lipinski definition) is 7. The van der Waals surface area contributed by atoms with Crippen LogP contribution >= 0.6 is 0 Å². The number of nitrogen functional groups attached to an aromatic ring is 1. The van der Waals surface area contributed by atoms with Crippen LogP contribution in [0, 0.1) is 5.92 Å². The molecular formula is C21H20N6O3. The molecule has 1 saturated carbocycles. The first-order valence-electron chi connectivity index (χ1n) is 9.96. The van der Waals surface area contributed by atoms with Gasteiger partial charge in [-0.1, -0.05) is 0 Å². The topological polar surface area (TPSA) is 134 Å². The molecule has 5 N–H and O–H groups in total. The number of oxazole rings is 1. The quantitative estimate of drug-likeness (QED) is 0.465. The second-order valence-electron chi connectivity index (χ2n) is 7.87. The van der Waals surface area contributed by atoms with Gasteiger partial charge < -0.3 is 30.5 Å². The van der Waals surface area contributed by atoms with Crippen molar-refractivity contribution < 1.29 is 13.9 Å². The van der Waals surface area contributed by atoms with Gasteiger partial charge in [0.15, 0.2) is 5.58 Å². The highest BCUT2D eigenvalue weighted by Crippen LogP contribution is 2.39. The maximum atomic E-state index is 11.9. The monoisotopic (exact) mass is 404 g/mol. The van der Waals surface area contributed by atoms with E-state index in [0.29, 0.717) is 30.2 Å². The molecule has 30 heavy (non-hydrogen) atoms. The fourth-order valence-electron chi connectivity index (χ4n) is 4.22. The van der Waals surface area contributed by atoms with Gasteiger partial charge >= 0.3 is 0 Å². The fraction of sp³-hybridized carbons (Fsp3) is 0.286. The number of primary amides is 1. The summed E-state index contributed by atoms with van der Waals surface area (Å²) in [5.41, 5.74) is 16.0. The van der Waals surface area contributed by atoms with Gasteiger partial charge in [0, 0.05) is 17.3 Å². The number of amides is 1. The lowest BCUT2D eigenvalue weighted by molar-refractivity contribution is -0.119. The van der Waals surface area contributed by atoms with Crippen molar-refractivity contribution >= 4 is 39.7 Å². The minimum atomic E-state index is -0.375. The molecule has 6 rings (SSSR count). The van der Waals surface area contributed by atoms with Gasteiger partial charge in [-0.25, -0.2) is 4.98 Å². The van der Waals surface area contributed by atoms with E-state index in [0.717, 1.165) is 46.7 Å². The number of nitrogens with two attached hydrogens (primary N) is 2. The Bertz CT molecular complexity index is 1320. The zero-order valence-corrected chi connectivity index (χ0v) is 16.1. The highest BCUT2D eigenvalue weighted by Gasteiger charge is 2.35. The van der Waals surface area contributed by atoms with Crippen LogP contribution in [0.2, 0.25) is 0 Å². The number of aromatic nitrogens is 3. The van der Waals surface area contributed by atoms with E-state index < -0.39 is 0 Å². The predicted molar refractivity (Wildman–Crippen MR) is 112 cm³/mol. The first-order chi connectivity index (χ1) is 14.6. The van der Waals surface area contributed by atoms with E-state index in [1.165, 1.54) is 0 Å². The molecule has 152 valence electrons. The SMILES string of the molecule is NC(=O)C(Nc1cc2c3c(c1)nc(-c1ccc4oc(N)nc4c1)n3CCO2)C1CC1. The van der Waals surface area contributed by atoms with Crippen molar-refractivity contribution in [2.45, 2.75) is 25.4 Å². The number of carbonyl (C=O) groups excluding carboxylic acids is 1. The predicted octanol–water partition coefficient (Wildman–Crippen LogP) is 2.49. The Balaban J connectivity index is 1.46. The summed E-state index contributed by atoms with van der Waals surface area (Å²) in [6.07, 6.45) is 2.03. The van der Waals surface area contributed by atoms with Gasteiger partial charge in [0.05, 0.1) is 12.1 Å². The smallest absolute Gasteiger partial charge is 0.292 e. The number of hydrogen-bond donors (Lipinski definition) is 3. The van der Waals surface area contributed by atoms with Gasteiger partial charge in [0.25, 0.3) is 6.01 Å². The minimum Gasteiger partial charge on any atom is -0.489 e. The number of fused-ring (bicyclic) bond motifs is 1. The number of anilines is 2. The first kappa shape index (κ1) is 17.1. The van der Waals surface area contributed by atoms with Crippen LogP contribution in [0.25, 0.3) is 33.5 Å². The number of nitrogens with zero attached hydrogens (tertiary/aromatic N) is 3. The molecule has 2 aliphatic rings. The van der Waals surface area contributed by atoms with Crippen molar-refractivity contribution in [1.29, 1.82) is 0 Å². The Hall–Kier alpha value is -3.75. The Morgan fingerprint density at radius 2 is 2.07 bits per heavy atom. The van der Waals surface area contributed by atoms with Crippen molar-refractivity contribution in [3.8, 4) is 17.1 Å². The number of imidazole rings is 1. The van der Waals surface area contributed by atoms with Crippen molar-refractivity contribution in [2.24, 2.45) is 11.7 Å². The minimum absolute atomic E-state index is 0.142. The van der Waals surface area contributed by atoms with Gasteiger partial charge in [-0.05, 0) is 43.0 Å². The lowest BCUT2D eigenvalue weighted by atomic mass is 10.1. The third kappa shape index (κ3) is 2.66. The van der Waals surface area contributed by atoms with E-state index in [4.69, 9.17) is 25.6 Å². The highest BCUT2D eigenvalue weighted by molar-refractivity contribution is 5.92. The molecule has 4 aromatic rings. The van der Waals surface area contributed by atoms with Gasteiger partial charge in [0.1, 0.15) is 35.3 Å². The molecule has 0 bridgehead atoms. The molecule has 2 aromatic heterocycles. The normalized spacial score (nSPS) is 16.5. The van der Waals surface area contributed by atoms with Crippen LogP contribution in [0.4, 0.5) is 11.7 Å². The molecule has 1 unspecified atom stereocenters. The summed E-state index contributed by atoms with van der Waals surface area (Å²) >= 11 is 0. The Kier molecular flexibility index (Phi) is 3.50. The number of carbonyl (C=O) groups is 1. The van der Waals surface area contributed by atoms with Gasteiger partial charge in [-0.2, -0.15) is 4.98 Å². The molecule has 9 heteroatoms. The molecule has 0 radical (unpaired) electrons. The first-order valence-corrected chi connectivity index (χ1v) is 9.96. The zero-order valence-electron chi connectivity index (χ0n) is 16.1. The molecule has 0 saturated heterocycles. The second-order valence-corrected chi connectivity index (χ2v) is 7.87. The molecule has 1 fully saturated rings. The van der Waals surface area contributed by atoms with E-state index in [1.54, 1.807) is 0 Å². The molecule has 1 atom stereocenters. The Morgan fingerprint density at radius 3 is 2.87 bits per heavy atom. The van der Waals surface area contributed by atoms with Crippen LogP contribution in [0.1, 0.15) is 12.8 Å². The molecule has 0 spiro atoms. The maximum absolute atomic E-state index is 11.9. The molecule has 1 aliphatic carbocycles. The van der Waals surface area contributed by atoms with Gasteiger partial charge in [0.2, 0.25) is 5.91 Å². The van der Waals surface area contributed by atoms with Crippen molar-refractivity contribution in [1.82, 2.24) is 14.5 Å².